The molecule has 4 rings (SSSR count). The number of carbonyl (C=O) groups excluding carboxylic acids is 1. The van der Waals surface area contributed by atoms with E-state index in [4.69, 9.17) is 0 Å². The van der Waals surface area contributed by atoms with Gasteiger partial charge in [0.2, 0.25) is 0 Å². The molecule has 6 nitrogen and oxygen atoms in total. The number of hydrogen-bond donors (Lipinski definition) is 2. The Labute approximate surface area is 194 Å². The Morgan fingerprint density at radius 2 is 1.82 bits per heavy atom. The first-order valence-electron chi connectivity index (χ1n) is 10.9. The number of urea groups is 1. The Morgan fingerprint density at radius 1 is 1.03 bits per heavy atom. The Bertz CT molecular complexity index is 1050. The number of thiazole rings is 1. The van der Waals surface area contributed by atoms with Crippen molar-refractivity contribution in [2.24, 2.45) is 0 Å². The summed E-state index contributed by atoms with van der Waals surface area (Å²) in [5.41, 5.74) is 0.876. The van der Waals surface area contributed by atoms with E-state index in [0.29, 0.717) is 30.5 Å². The second-order valence-corrected chi connectivity index (χ2v) is 8.98. The maximum Gasteiger partial charge on any atom is 0.416 e. The minimum atomic E-state index is -4.32. The standard InChI is InChI=1S/C23H26F3N5OS/c24-23(25,26)17-6-5-7-18(16-17)31-14-12-30(13-15-31)11-4-3-10-27-21(32)29-22-28-19-8-1-2-9-20(19)33-22/h1-2,5-9,16H,3-4,10-15H2,(H2,27,28,29,32). The lowest BCUT2D eigenvalue weighted by atomic mass is 10.1. The number of unbranched alkanes of at least 4 members (excludes halogenated alkanes) is 1. The van der Waals surface area contributed by atoms with Gasteiger partial charge in [0.15, 0.2) is 5.13 Å². The lowest BCUT2D eigenvalue weighted by molar-refractivity contribution is -0.137. The molecule has 0 unspecified atom stereocenters. The van der Waals surface area contributed by atoms with Crippen molar-refractivity contribution < 1.29 is 18.0 Å². The summed E-state index contributed by atoms with van der Waals surface area (Å²) in [6, 6.07) is 13.0. The van der Waals surface area contributed by atoms with Crippen LogP contribution >= 0.6 is 11.3 Å². The minimum absolute atomic E-state index is 0.260. The molecular weight excluding hydrogens is 451 g/mol. The number of fused-ring (bicyclic) bond motifs is 1. The molecule has 0 bridgehead atoms. The molecule has 0 radical (unpaired) electrons. The maximum atomic E-state index is 12.9. The molecule has 10 heteroatoms. The van der Waals surface area contributed by atoms with Gasteiger partial charge in [-0.1, -0.05) is 29.5 Å². The maximum absolute atomic E-state index is 12.9. The molecule has 1 aliphatic rings. The predicted octanol–water partition coefficient (Wildman–Crippen LogP) is 5.04. The van der Waals surface area contributed by atoms with Crippen molar-refractivity contribution in [1.29, 1.82) is 0 Å². The number of alkyl halides is 3. The molecule has 3 aromatic rings. The third-order valence-corrected chi connectivity index (χ3v) is 6.56. The summed E-state index contributed by atoms with van der Waals surface area (Å²) in [4.78, 5) is 20.8. The topological polar surface area (TPSA) is 60.5 Å². The van der Waals surface area contributed by atoms with Crippen LogP contribution < -0.4 is 15.5 Å². The highest BCUT2D eigenvalue weighted by Gasteiger charge is 2.31. The van der Waals surface area contributed by atoms with Crippen molar-refractivity contribution in [1.82, 2.24) is 15.2 Å². The molecule has 0 atom stereocenters. The van der Waals surface area contributed by atoms with Crippen LogP contribution in [0.4, 0.5) is 28.8 Å². The van der Waals surface area contributed by atoms with Gasteiger partial charge < -0.3 is 10.2 Å². The second kappa shape index (κ2) is 10.4. The molecule has 0 saturated carbocycles. The summed E-state index contributed by atoms with van der Waals surface area (Å²) in [7, 11) is 0. The largest absolute Gasteiger partial charge is 0.416 e. The lowest BCUT2D eigenvalue weighted by Crippen LogP contribution is -2.46. The smallest absolute Gasteiger partial charge is 0.369 e. The van der Waals surface area contributed by atoms with Crippen molar-refractivity contribution in [3.63, 3.8) is 0 Å². The summed E-state index contributed by atoms with van der Waals surface area (Å²) in [6.07, 6.45) is -2.54. The molecule has 1 fully saturated rings. The van der Waals surface area contributed by atoms with E-state index in [1.807, 2.05) is 29.2 Å². The van der Waals surface area contributed by atoms with E-state index in [1.165, 1.54) is 23.5 Å². The molecule has 1 aromatic heterocycles. The van der Waals surface area contributed by atoms with Crippen molar-refractivity contribution >= 4 is 38.4 Å². The van der Waals surface area contributed by atoms with Crippen LogP contribution in [0.15, 0.2) is 48.5 Å². The molecule has 2 amide bonds. The van der Waals surface area contributed by atoms with Crippen LogP contribution in [-0.2, 0) is 6.18 Å². The summed E-state index contributed by atoms with van der Waals surface area (Å²) >= 11 is 1.44. The number of rotatable bonds is 7. The number of nitrogens with one attached hydrogen (secondary N) is 2. The van der Waals surface area contributed by atoms with Gasteiger partial charge in [0.05, 0.1) is 15.8 Å². The summed E-state index contributed by atoms with van der Waals surface area (Å²) in [6.45, 7) is 4.48. The van der Waals surface area contributed by atoms with Crippen molar-refractivity contribution in [2.75, 3.05) is 49.5 Å². The third-order valence-electron chi connectivity index (χ3n) is 5.61. The molecule has 33 heavy (non-hydrogen) atoms. The zero-order valence-corrected chi connectivity index (χ0v) is 18.9. The van der Waals surface area contributed by atoms with Gasteiger partial charge in [-0.15, -0.1) is 0 Å². The quantitative estimate of drug-likeness (QED) is 0.468. The third kappa shape index (κ3) is 6.35. The van der Waals surface area contributed by atoms with E-state index in [-0.39, 0.29) is 6.03 Å². The van der Waals surface area contributed by atoms with Crippen LogP contribution in [0.5, 0.6) is 0 Å². The Hall–Kier alpha value is -2.85. The van der Waals surface area contributed by atoms with Crippen LogP contribution in [0.3, 0.4) is 0 Å². The summed E-state index contributed by atoms with van der Waals surface area (Å²) in [5.74, 6) is 0. The van der Waals surface area contributed by atoms with Crippen molar-refractivity contribution in [3.05, 3.63) is 54.1 Å². The normalized spacial score (nSPS) is 15.1. The van der Waals surface area contributed by atoms with Gasteiger partial charge in [-0.05, 0) is 49.7 Å². The van der Waals surface area contributed by atoms with Crippen LogP contribution in [0.1, 0.15) is 18.4 Å². The van der Waals surface area contributed by atoms with Crippen LogP contribution in [-0.4, -0.2) is 55.2 Å². The van der Waals surface area contributed by atoms with Crippen LogP contribution in [0.2, 0.25) is 0 Å². The fraction of sp³-hybridized carbons (Fsp3) is 0.391. The predicted molar refractivity (Wildman–Crippen MR) is 126 cm³/mol. The number of hydrogen-bond acceptors (Lipinski definition) is 5. The zero-order valence-electron chi connectivity index (χ0n) is 18.1. The SMILES string of the molecule is O=C(NCCCCN1CCN(c2cccc(C(F)(F)F)c2)CC1)Nc1nc2ccccc2s1. The first-order valence-corrected chi connectivity index (χ1v) is 11.8. The van der Waals surface area contributed by atoms with Gasteiger partial charge in [0.25, 0.3) is 0 Å². The second-order valence-electron chi connectivity index (χ2n) is 7.95. The van der Waals surface area contributed by atoms with E-state index in [9.17, 15) is 18.0 Å². The number of halogens is 3. The molecule has 0 spiro atoms. The molecule has 176 valence electrons. The molecular formula is C23H26F3N5OS. The number of para-hydroxylation sites is 1. The van der Waals surface area contributed by atoms with Crippen molar-refractivity contribution in [3.8, 4) is 0 Å². The van der Waals surface area contributed by atoms with E-state index in [2.05, 4.69) is 20.5 Å². The van der Waals surface area contributed by atoms with Gasteiger partial charge in [-0.3, -0.25) is 10.2 Å². The monoisotopic (exact) mass is 477 g/mol. The molecule has 1 aliphatic heterocycles. The van der Waals surface area contributed by atoms with Gasteiger partial charge in [0, 0.05) is 38.4 Å². The first kappa shape index (κ1) is 23.3. The highest BCUT2D eigenvalue weighted by molar-refractivity contribution is 7.22. The minimum Gasteiger partial charge on any atom is -0.369 e. The Morgan fingerprint density at radius 3 is 2.58 bits per heavy atom. The number of aromatic nitrogens is 1. The van der Waals surface area contributed by atoms with Gasteiger partial charge >= 0.3 is 12.2 Å². The molecule has 2 heterocycles. The molecule has 2 aromatic carbocycles. The van der Waals surface area contributed by atoms with E-state index in [0.717, 1.165) is 48.8 Å². The van der Waals surface area contributed by atoms with Gasteiger partial charge in [0.1, 0.15) is 0 Å². The average molecular weight is 478 g/mol. The number of benzene rings is 2. The molecule has 1 saturated heterocycles. The zero-order chi connectivity index (χ0) is 23.3. The highest BCUT2D eigenvalue weighted by atomic mass is 32.1. The van der Waals surface area contributed by atoms with Crippen molar-refractivity contribution in [2.45, 2.75) is 19.0 Å². The van der Waals surface area contributed by atoms with E-state index < -0.39 is 11.7 Å². The fourth-order valence-corrected chi connectivity index (χ4v) is 4.70. The highest BCUT2D eigenvalue weighted by Crippen LogP contribution is 2.32. The van der Waals surface area contributed by atoms with Crippen LogP contribution in [0.25, 0.3) is 10.2 Å². The summed E-state index contributed by atoms with van der Waals surface area (Å²) in [5, 5.41) is 6.21. The van der Waals surface area contributed by atoms with E-state index in [1.54, 1.807) is 6.07 Å². The average Bonchev–Trinajstić information content (AvgIpc) is 3.21. The fourth-order valence-electron chi connectivity index (χ4n) is 3.84. The number of amides is 2. The number of piperazine rings is 1. The number of carbonyl (C=O) groups is 1. The van der Waals surface area contributed by atoms with E-state index >= 15 is 0 Å². The Kier molecular flexibility index (Phi) is 7.34. The lowest BCUT2D eigenvalue weighted by Gasteiger charge is -2.36. The first-order chi connectivity index (χ1) is 15.9. The summed E-state index contributed by atoms with van der Waals surface area (Å²) < 4.78 is 39.9. The Balaban J connectivity index is 1.12. The van der Waals surface area contributed by atoms with Gasteiger partial charge in [-0.25, -0.2) is 9.78 Å². The number of anilines is 2. The molecule has 2 N–H and O–H groups in total. The number of nitrogens with zero attached hydrogens (tertiary/aromatic N) is 3. The molecule has 0 aliphatic carbocycles. The van der Waals surface area contributed by atoms with Gasteiger partial charge in [-0.2, -0.15) is 13.2 Å². The van der Waals surface area contributed by atoms with Crippen LogP contribution in [0, 0.1) is 0 Å².